The lowest BCUT2D eigenvalue weighted by atomic mass is 9.96. The molecule has 0 spiro atoms. The first-order valence-corrected chi connectivity index (χ1v) is 3.81. The molecule has 2 heteroatoms. The first-order chi connectivity index (χ1) is 4.47. The van der Waals surface area contributed by atoms with Crippen LogP contribution in [0, 0.1) is 12.1 Å². The normalized spacial score (nSPS) is 36.7. The Morgan fingerprint density at radius 1 is 1.11 bits per heavy atom. The number of piperidine rings is 1. The van der Waals surface area contributed by atoms with Crippen molar-refractivity contribution in [3.63, 3.8) is 0 Å². The van der Waals surface area contributed by atoms with Gasteiger partial charge in [-0.2, -0.15) is 0 Å². The van der Waals surface area contributed by atoms with E-state index in [1.165, 1.54) is 38.5 Å². The number of hydrogen-bond acceptors (Lipinski definition) is 2. The smallest absolute Gasteiger partial charge is 0.104 e. The van der Waals surface area contributed by atoms with Crippen LogP contribution in [-0.4, -0.2) is 13.1 Å². The molecule has 0 saturated carbocycles. The predicted molar refractivity (Wildman–Crippen MR) is 36.6 cm³/mol. The molecule has 51 valence electrons. The molecule has 2 N–H and O–H groups in total. The minimum absolute atomic E-state index is 0.860. The molecule has 2 nitrogen and oxygen atoms in total. The van der Waals surface area contributed by atoms with Crippen molar-refractivity contribution in [2.75, 3.05) is 13.1 Å². The van der Waals surface area contributed by atoms with Crippen molar-refractivity contribution in [2.45, 2.75) is 19.3 Å². The predicted octanol–water partition coefficient (Wildman–Crippen LogP) is 0.469. The van der Waals surface area contributed by atoms with E-state index in [2.05, 4.69) is 10.6 Å². The largest absolute Gasteiger partial charge is 0.296 e. The van der Waals surface area contributed by atoms with E-state index in [1.54, 1.807) is 0 Å². The van der Waals surface area contributed by atoms with Crippen molar-refractivity contribution in [1.29, 1.82) is 0 Å². The molecule has 0 aromatic heterocycles. The summed E-state index contributed by atoms with van der Waals surface area (Å²) >= 11 is 0. The third-order valence-electron chi connectivity index (χ3n) is 2.26. The van der Waals surface area contributed by atoms with Crippen LogP contribution < -0.4 is 10.6 Å². The van der Waals surface area contributed by atoms with Crippen molar-refractivity contribution in [2.24, 2.45) is 5.92 Å². The highest BCUT2D eigenvalue weighted by atomic mass is 15.2. The molecular weight excluding hydrogens is 112 g/mol. The first kappa shape index (κ1) is 5.69. The fourth-order valence-corrected chi connectivity index (χ4v) is 1.74. The SMILES string of the molecule is C1CN[C]2NCCC2C1. The van der Waals surface area contributed by atoms with E-state index >= 15 is 0 Å². The van der Waals surface area contributed by atoms with Crippen LogP contribution in [0.2, 0.25) is 0 Å². The van der Waals surface area contributed by atoms with E-state index in [-0.39, 0.29) is 0 Å². The van der Waals surface area contributed by atoms with E-state index in [1.807, 2.05) is 0 Å². The molecule has 1 unspecified atom stereocenters. The summed E-state index contributed by atoms with van der Waals surface area (Å²) in [5.74, 6) is 0.860. The topological polar surface area (TPSA) is 24.1 Å². The van der Waals surface area contributed by atoms with Crippen LogP contribution in [-0.2, 0) is 0 Å². The minimum atomic E-state index is 0.860. The van der Waals surface area contributed by atoms with Crippen molar-refractivity contribution in [1.82, 2.24) is 10.6 Å². The molecule has 0 amide bonds. The van der Waals surface area contributed by atoms with Gasteiger partial charge in [-0.1, -0.05) is 0 Å². The summed E-state index contributed by atoms with van der Waals surface area (Å²) < 4.78 is 0. The lowest BCUT2D eigenvalue weighted by Crippen LogP contribution is -2.37. The average molecular weight is 125 g/mol. The second-order valence-corrected chi connectivity index (χ2v) is 2.90. The van der Waals surface area contributed by atoms with Crippen molar-refractivity contribution >= 4 is 0 Å². The van der Waals surface area contributed by atoms with E-state index < -0.39 is 0 Å². The van der Waals surface area contributed by atoms with Crippen LogP contribution in [0.3, 0.4) is 0 Å². The second kappa shape index (κ2) is 2.27. The third-order valence-corrected chi connectivity index (χ3v) is 2.26. The molecule has 2 aliphatic rings. The Bertz CT molecular complexity index is 91.1. The molecule has 0 aliphatic carbocycles. The molecule has 1 radical (unpaired) electrons. The van der Waals surface area contributed by atoms with Gasteiger partial charge in [0.15, 0.2) is 0 Å². The molecule has 2 fully saturated rings. The van der Waals surface area contributed by atoms with Crippen LogP contribution in [0.5, 0.6) is 0 Å². The monoisotopic (exact) mass is 125 g/mol. The van der Waals surface area contributed by atoms with Crippen LogP contribution >= 0.6 is 0 Å². The van der Waals surface area contributed by atoms with Gasteiger partial charge in [-0.3, -0.25) is 10.6 Å². The molecule has 1 atom stereocenters. The van der Waals surface area contributed by atoms with Gasteiger partial charge in [0.2, 0.25) is 0 Å². The molecule has 9 heavy (non-hydrogen) atoms. The lowest BCUT2D eigenvalue weighted by molar-refractivity contribution is 0.394. The van der Waals surface area contributed by atoms with Gasteiger partial charge in [0, 0.05) is 0 Å². The van der Waals surface area contributed by atoms with Gasteiger partial charge in [0.1, 0.15) is 6.17 Å². The highest BCUT2D eigenvalue weighted by molar-refractivity contribution is 4.99. The standard InChI is InChI=1S/C7H13N2/c1-2-6-3-5-9-7(6)8-4-1/h6,8-9H,1-5H2. The maximum Gasteiger partial charge on any atom is 0.104 e. The fourth-order valence-electron chi connectivity index (χ4n) is 1.74. The van der Waals surface area contributed by atoms with E-state index in [0.717, 1.165) is 5.92 Å². The maximum atomic E-state index is 3.39. The van der Waals surface area contributed by atoms with Gasteiger partial charge >= 0.3 is 0 Å². The van der Waals surface area contributed by atoms with Gasteiger partial charge in [-0.15, -0.1) is 0 Å². The van der Waals surface area contributed by atoms with Gasteiger partial charge in [0.25, 0.3) is 0 Å². The molecule has 2 aliphatic heterocycles. The van der Waals surface area contributed by atoms with Crippen LogP contribution in [0.25, 0.3) is 0 Å². The molecule has 2 heterocycles. The van der Waals surface area contributed by atoms with Crippen LogP contribution in [0.4, 0.5) is 0 Å². The summed E-state index contributed by atoms with van der Waals surface area (Å²) in [6, 6.07) is 0. The Labute approximate surface area is 56.0 Å². The van der Waals surface area contributed by atoms with E-state index in [9.17, 15) is 0 Å². The Kier molecular flexibility index (Phi) is 1.44. The summed E-state index contributed by atoms with van der Waals surface area (Å²) in [6.07, 6.45) is 5.52. The van der Waals surface area contributed by atoms with Crippen molar-refractivity contribution in [3.05, 3.63) is 6.17 Å². The number of rotatable bonds is 0. The molecule has 0 aromatic rings. The number of nitrogens with one attached hydrogen (secondary N) is 2. The van der Waals surface area contributed by atoms with Crippen LogP contribution in [0.1, 0.15) is 19.3 Å². The zero-order valence-corrected chi connectivity index (χ0v) is 5.61. The van der Waals surface area contributed by atoms with Gasteiger partial charge in [-0.25, -0.2) is 0 Å². The minimum Gasteiger partial charge on any atom is -0.296 e. The Morgan fingerprint density at radius 3 is 2.89 bits per heavy atom. The number of fused-ring (bicyclic) bond motifs is 1. The summed E-state index contributed by atoms with van der Waals surface area (Å²) in [4.78, 5) is 0. The quantitative estimate of drug-likeness (QED) is 0.491. The Morgan fingerprint density at radius 2 is 2.00 bits per heavy atom. The average Bonchev–Trinajstić information content (AvgIpc) is 2.33. The molecule has 2 rings (SSSR count). The first-order valence-electron chi connectivity index (χ1n) is 3.81. The van der Waals surface area contributed by atoms with Crippen molar-refractivity contribution in [3.8, 4) is 0 Å². The van der Waals surface area contributed by atoms with Crippen molar-refractivity contribution < 1.29 is 0 Å². The summed E-state index contributed by atoms with van der Waals surface area (Å²) in [5, 5.41) is 6.75. The number of hydrogen-bond donors (Lipinski definition) is 2. The molecule has 0 aromatic carbocycles. The zero-order chi connectivity index (χ0) is 6.10. The van der Waals surface area contributed by atoms with Gasteiger partial charge < -0.3 is 0 Å². The summed E-state index contributed by atoms with van der Waals surface area (Å²) in [6.45, 7) is 2.37. The maximum absolute atomic E-state index is 3.39. The summed E-state index contributed by atoms with van der Waals surface area (Å²) in [7, 11) is 0. The zero-order valence-electron chi connectivity index (χ0n) is 5.61. The second-order valence-electron chi connectivity index (χ2n) is 2.90. The molecule has 2 saturated heterocycles. The van der Waals surface area contributed by atoms with Crippen LogP contribution in [0.15, 0.2) is 0 Å². The van der Waals surface area contributed by atoms with E-state index in [4.69, 9.17) is 0 Å². The highest BCUT2D eigenvalue weighted by Gasteiger charge is 2.29. The van der Waals surface area contributed by atoms with E-state index in [0.29, 0.717) is 0 Å². The Balaban J connectivity index is 1.97. The summed E-state index contributed by atoms with van der Waals surface area (Å²) in [5.41, 5.74) is 0. The fraction of sp³-hybridized carbons (Fsp3) is 0.857. The van der Waals surface area contributed by atoms with Gasteiger partial charge in [0.05, 0.1) is 0 Å². The highest BCUT2D eigenvalue weighted by Crippen LogP contribution is 2.26. The molecule has 0 bridgehead atoms. The lowest BCUT2D eigenvalue weighted by Gasteiger charge is -2.24. The Hall–Kier alpha value is -0.0800. The third kappa shape index (κ3) is 0.970. The van der Waals surface area contributed by atoms with Gasteiger partial charge in [-0.05, 0) is 38.3 Å². The molecular formula is C7H13N2.